The van der Waals surface area contributed by atoms with E-state index >= 15 is 0 Å². The Morgan fingerprint density at radius 3 is 2.24 bits per heavy atom. The minimum atomic E-state index is 0.0819. The Morgan fingerprint density at radius 2 is 1.59 bits per heavy atom. The van der Waals surface area contributed by atoms with Gasteiger partial charge in [0.05, 0.1) is 13.2 Å². The van der Waals surface area contributed by atoms with Gasteiger partial charge in [0.25, 0.3) is 0 Å². The molecule has 0 saturated carbocycles. The number of phenolic OH excluding ortho intramolecular Hbond substituents is 1. The van der Waals surface area contributed by atoms with Crippen molar-refractivity contribution in [3.05, 3.63) is 29.3 Å². The molecule has 5 nitrogen and oxygen atoms in total. The number of hydrogen-bond donors (Lipinski definition) is 5. The predicted octanol–water partition coefficient (Wildman–Crippen LogP) is -0.444. The average molecular weight is 240 g/mol. The van der Waals surface area contributed by atoms with Crippen molar-refractivity contribution in [3.8, 4) is 5.75 Å². The van der Waals surface area contributed by atoms with E-state index in [4.69, 9.17) is 10.2 Å². The molecule has 1 rings (SSSR count). The maximum Gasteiger partial charge on any atom is 0.120 e. The molecule has 5 N–H and O–H groups in total. The summed E-state index contributed by atoms with van der Waals surface area (Å²) >= 11 is 0. The van der Waals surface area contributed by atoms with Crippen LogP contribution in [0, 0.1) is 0 Å². The van der Waals surface area contributed by atoms with E-state index in [1.165, 1.54) is 0 Å². The van der Waals surface area contributed by atoms with Crippen molar-refractivity contribution < 1.29 is 15.3 Å². The minimum Gasteiger partial charge on any atom is -0.508 e. The van der Waals surface area contributed by atoms with Gasteiger partial charge in [-0.15, -0.1) is 0 Å². The number of aliphatic hydroxyl groups is 2. The van der Waals surface area contributed by atoms with E-state index in [1.807, 2.05) is 12.1 Å². The summed E-state index contributed by atoms with van der Waals surface area (Å²) in [5.74, 6) is 0.251. The van der Waals surface area contributed by atoms with Crippen molar-refractivity contribution >= 4 is 0 Å². The fourth-order valence-corrected chi connectivity index (χ4v) is 1.50. The second-order valence-electron chi connectivity index (χ2n) is 3.76. The number of benzene rings is 1. The van der Waals surface area contributed by atoms with E-state index in [0.717, 1.165) is 11.1 Å². The summed E-state index contributed by atoms with van der Waals surface area (Å²) in [5, 5.41) is 33.0. The van der Waals surface area contributed by atoms with E-state index in [2.05, 4.69) is 10.6 Å². The number of hydrogen-bond acceptors (Lipinski definition) is 5. The molecule has 0 atom stereocenters. The maximum atomic E-state index is 9.64. The molecule has 0 fully saturated rings. The molecule has 0 radical (unpaired) electrons. The van der Waals surface area contributed by atoms with Gasteiger partial charge in [-0.3, -0.25) is 0 Å². The second kappa shape index (κ2) is 8.03. The third kappa shape index (κ3) is 5.14. The van der Waals surface area contributed by atoms with Crippen molar-refractivity contribution in [1.82, 2.24) is 10.6 Å². The van der Waals surface area contributed by atoms with Crippen molar-refractivity contribution in [3.63, 3.8) is 0 Å². The molecule has 0 heterocycles. The fourth-order valence-electron chi connectivity index (χ4n) is 1.50. The number of rotatable bonds is 8. The van der Waals surface area contributed by atoms with Crippen LogP contribution in [0.3, 0.4) is 0 Å². The number of nitrogens with one attached hydrogen (secondary N) is 2. The molecular weight excluding hydrogens is 220 g/mol. The summed E-state index contributed by atoms with van der Waals surface area (Å²) in [4.78, 5) is 0. The molecule has 0 unspecified atom stereocenters. The normalized spacial score (nSPS) is 10.7. The molecule has 1 aromatic carbocycles. The summed E-state index contributed by atoms with van der Waals surface area (Å²) in [6.07, 6.45) is 0. The third-order valence-electron chi connectivity index (χ3n) is 2.37. The van der Waals surface area contributed by atoms with Gasteiger partial charge in [0, 0.05) is 31.7 Å². The van der Waals surface area contributed by atoms with Crippen LogP contribution in [0.2, 0.25) is 0 Å². The van der Waals surface area contributed by atoms with Crippen LogP contribution >= 0.6 is 0 Å². The van der Waals surface area contributed by atoms with Gasteiger partial charge in [-0.2, -0.15) is 0 Å². The van der Waals surface area contributed by atoms with Crippen LogP contribution < -0.4 is 10.6 Å². The minimum absolute atomic E-state index is 0.0819. The standard InChI is InChI=1S/C12H20N2O3/c15-5-3-13-8-10-1-2-12(17)11(7-10)9-14-4-6-16/h1-2,7,13-17H,3-6,8-9H2. The Balaban J connectivity index is 2.53. The average Bonchev–Trinajstić information content (AvgIpc) is 2.33. The Bertz CT molecular complexity index is 332. The lowest BCUT2D eigenvalue weighted by molar-refractivity contribution is 0.291. The molecule has 5 heteroatoms. The summed E-state index contributed by atoms with van der Waals surface area (Å²) in [7, 11) is 0. The summed E-state index contributed by atoms with van der Waals surface area (Å²) < 4.78 is 0. The lowest BCUT2D eigenvalue weighted by Crippen LogP contribution is -2.19. The van der Waals surface area contributed by atoms with Gasteiger partial charge in [-0.25, -0.2) is 0 Å². The zero-order valence-corrected chi connectivity index (χ0v) is 9.82. The smallest absolute Gasteiger partial charge is 0.120 e. The highest BCUT2D eigenvalue weighted by atomic mass is 16.3. The zero-order valence-electron chi connectivity index (χ0n) is 9.82. The van der Waals surface area contributed by atoms with Gasteiger partial charge in [-0.05, 0) is 17.7 Å². The first-order valence-electron chi connectivity index (χ1n) is 5.72. The highest BCUT2D eigenvalue weighted by molar-refractivity contribution is 5.36. The molecular formula is C12H20N2O3. The fraction of sp³-hybridized carbons (Fsp3) is 0.500. The number of aromatic hydroxyl groups is 1. The Morgan fingerprint density at radius 1 is 0.941 bits per heavy atom. The van der Waals surface area contributed by atoms with Crippen molar-refractivity contribution in [2.24, 2.45) is 0 Å². The van der Waals surface area contributed by atoms with Crippen LogP contribution in [-0.4, -0.2) is 41.6 Å². The summed E-state index contributed by atoms with van der Waals surface area (Å²) in [6, 6.07) is 5.41. The topological polar surface area (TPSA) is 84.8 Å². The van der Waals surface area contributed by atoms with Gasteiger partial charge < -0.3 is 26.0 Å². The molecule has 17 heavy (non-hydrogen) atoms. The molecule has 0 amide bonds. The first kappa shape index (κ1) is 13.9. The van der Waals surface area contributed by atoms with Crippen LogP contribution in [0.4, 0.5) is 0 Å². The largest absolute Gasteiger partial charge is 0.508 e. The Kier molecular flexibility index (Phi) is 6.57. The van der Waals surface area contributed by atoms with Crippen LogP contribution in [0.5, 0.6) is 5.75 Å². The van der Waals surface area contributed by atoms with Crippen LogP contribution in [-0.2, 0) is 13.1 Å². The van der Waals surface area contributed by atoms with E-state index in [1.54, 1.807) is 6.07 Å². The Labute approximate surface area is 101 Å². The van der Waals surface area contributed by atoms with E-state index < -0.39 is 0 Å². The monoisotopic (exact) mass is 240 g/mol. The second-order valence-corrected chi connectivity index (χ2v) is 3.76. The van der Waals surface area contributed by atoms with Crippen molar-refractivity contribution in [1.29, 1.82) is 0 Å². The molecule has 0 aliphatic rings. The van der Waals surface area contributed by atoms with Gasteiger partial charge in [-0.1, -0.05) is 6.07 Å². The summed E-state index contributed by atoms with van der Waals surface area (Å²) in [5.41, 5.74) is 1.86. The lowest BCUT2D eigenvalue weighted by Gasteiger charge is -2.09. The van der Waals surface area contributed by atoms with E-state index in [9.17, 15) is 5.11 Å². The molecule has 1 aromatic rings. The van der Waals surface area contributed by atoms with Crippen LogP contribution in [0.15, 0.2) is 18.2 Å². The van der Waals surface area contributed by atoms with E-state index in [-0.39, 0.29) is 19.0 Å². The molecule has 0 aliphatic carbocycles. The highest BCUT2D eigenvalue weighted by Crippen LogP contribution is 2.18. The molecule has 0 aliphatic heterocycles. The molecule has 0 spiro atoms. The molecule has 0 saturated heterocycles. The zero-order chi connectivity index (χ0) is 12.5. The first-order valence-corrected chi connectivity index (χ1v) is 5.72. The molecule has 0 bridgehead atoms. The van der Waals surface area contributed by atoms with Crippen LogP contribution in [0.1, 0.15) is 11.1 Å². The van der Waals surface area contributed by atoms with Crippen molar-refractivity contribution in [2.45, 2.75) is 13.1 Å². The first-order chi connectivity index (χ1) is 8.27. The summed E-state index contributed by atoms with van der Waals surface area (Å²) in [6.45, 7) is 2.45. The lowest BCUT2D eigenvalue weighted by atomic mass is 10.1. The Hall–Kier alpha value is -1.14. The third-order valence-corrected chi connectivity index (χ3v) is 2.37. The quantitative estimate of drug-likeness (QED) is 0.398. The van der Waals surface area contributed by atoms with E-state index in [0.29, 0.717) is 26.2 Å². The van der Waals surface area contributed by atoms with Gasteiger partial charge in [0.2, 0.25) is 0 Å². The predicted molar refractivity (Wildman–Crippen MR) is 65.7 cm³/mol. The molecule has 0 aromatic heterocycles. The molecule has 96 valence electrons. The highest BCUT2D eigenvalue weighted by Gasteiger charge is 2.02. The number of aliphatic hydroxyl groups excluding tert-OH is 2. The van der Waals surface area contributed by atoms with Crippen LogP contribution in [0.25, 0.3) is 0 Å². The maximum absolute atomic E-state index is 9.64. The SMILES string of the molecule is OCCNCc1ccc(O)c(CNCCO)c1. The number of phenols is 1. The van der Waals surface area contributed by atoms with Gasteiger partial charge in [0.15, 0.2) is 0 Å². The van der Waals surface area contributed by atoms with Gasteiger partial charge in [0.1, 0.15) is 5.75 Å². The van der Waals surface area contributed by atoms with Crippen molar-refractivity contribution in [2.75, 3.05) is 26.3 Å². The van der Waals surface area contributed by atoms with Gasteiger partial charge >= 0.3 is 0 Å².